The fourth-order valence-electron chi connectivity index (χ4n) is 4.68. The first kappa shape index (κ1) is 20.7. The van der Waals surface area contributed by atoms with Crippen LogP contribution >= 0.6 is 12.4 Å². The minimum absolute atomic E-state index is 0. The van der Waals surface area contributed by atoms with Gasteiger partial charge in [0.15, 0.2) is 0 Å². The first-order valence-electron chi connectivity index (χ1n) is 10.0. The average Bonchev–Trinajstić information content (AvgIpc) is 3.05. The lowest BCUT2D eigenvalue weighted by Crippen LogP contribution is -2.34. The van der Waals surface area contributed by atoms with Gasteiger partial charge >= 0.3 is 6.09 Å². The average molecular weight is 401 g/mol. The second-order valence-corrected chi connectivity index (χ2v) is 7.84. The normalized spacial score (nSPS) is 20.6. The van der Waals surface area contributed by atoms with Gasteiger partial charge in [-0.3, -0.25) is 0 Å². The Morgan fingerprint density at radius 3 is 2.25 bits per heavy atom. The SMILES string of the molecule is Cl.NCC1CCCC(CNC(=O)OCC2c3ccccc3-c3ccccc32)C1. The van der Waals surface area contributed by atoms with Gasteiger partial charge in [-0.25, -0.2) is 4.79 Å². The molecule has 0 spiro atoms. The topological polar surface area (TPSA) is 64.3 Å². The molecule has 4 nitrogen and oxygen atoms in total. The van der Waals surface area contributed by atoms with E-state index in [1.807, 2.05) is 0 Å². The number of hydrogen-bond acceptors (Lipinski definition) is 3. The van der Waals surface area contributed by atoms with Crippen LogP contribution in [0.15, 0.2) is 48.5 Å². The zero-order chi connectivity index (χ0) is 18.6. The molecule has 2 atom stereocenters. The molecular formula is C23H29ClN2O2. The number of carbonyl (C=O) groups is 1. The molecule has 3 N–H and O–H groups in total. The molecule has 0 heterocycles. The molecule has 1 saturated carbocycles. The molecule has 4 rings (SSSR count). The van der Waals surface area contributed by atoms with Crippen molar-refractivity contribution in [3.63, 3.8) is 0 Å². The molecule has 0 saturated heterocycles. The fraction of sp³-hybridized carbons (Fsp3) is 0.435. The Labute approximate surface area is 173 Å². The summed E-state index contributed by atoms with van der Waals surface area (Å²) in [6.07, 6.45) is 4.39. The van der Waals surface area contributed by atoms with Crippen molar-refractivity contribution in [3.05, 3.63) is 59.7 Å². The van der Waals surface area contributed by atoms with Crippen LogP contribution in [0.5, 0.6) is 0 Å². The Morgan fingerprint density at radius 1 is 1.00 bits per heavy atom. The van der Waals surface area contributed by atoms with Crippen LogP contribution in [0.2, 0.25) is 0 Å². The molecule has 0 bridgehead atoms. The second-order valence-electron chi connectivity index (χ2n) is 7.84. The molecule has 0 aliphatic heterocycles. The van der Waals surface area contributed by atoms with Gasteiger partial charge < -0.3 is 15.8 Å². The molecule has 0 aromatic heterocycles. The Bertz CT molecular complexity index is 765. The van der Waals surface area contributed by atoms with Gasteiger partial charge in [-0.05, 0) is 59.9 Å². The van der Waals surface area contributed by atoms with Gasteiger partial charge in [0.1, 0.15) is 6.61 Å². The van der Waals surface area contributed by atoms with Crippen LogP contribution in [-0.2, 0) is 4.74 Å². The minimum Gasteiger partial charge on any atom is -0.449 e. The van der Waals surface area contributed by atoms with Gasteiger partial charge in [0, 0.05) is 12.5 Å². The van der Waals surface area contributed by atoms with Crippen molar-refractivity contribution in [2.75, 3.05) is 19.7 Å². The maximum atomic E-state index is 12.3. The van der Waals surface area contributed by atoms with Crippen molar-refractivity contribution >= 4 is 18.5 Å². The molecule has 5 heteroatoms. The second kappa shape index (κ2) is 9.44. The van der Waals surface area contributed by atoms with Crippen LogP contribution in [0.3, 0.4) is 0 Å². The highest BCUT2D eigenvalue weighted by Gasteiger charge is 2.29. The number of alkyl carbamates (subject to hydrolysis) is 1. The lowest BCUT2D eigenvalue weighted by molar-refractivity contribution is 0.139. The van der Waals surface area contributed by atoms with Crippen molar-refractivity contribution in [3.8, 4) is 11.1 Å². The summed E-state index contributed by atoms with van der Waals surface area (Å²) in [6.45, 7) is 1.81. The monoisotopic (exact) mass is 400 g/mol. The van der Waals surface area contributed by atoms with Gasteiger partial charge in [0.2, 0.25) is 0 Å². The van der Waals surface area contributed by atoms with E-state index in [1.165, 1.54) is 41.5 Å². The van der Waals surface area contributed by atoms with Crippen molar-refractivity contribution < 1.29 is 9.53 Å². The number of carbonyl (C=O) groups excluding carboxylic acids is 1. The summed E-state index contributed by atoms with van der Waals surface area (Å²) in [5.74, 6) is 1.24. The number of amides is 1. The molecule has 1 fully saturated rings. The van der Waals surface area contributed by atoms with Crippen molar-refractivity contribution in [1.82, 2.24) is 5.32 Å². The van der Waals surface area contributed by atoms with E-state index in [0.717, 1.165) is 13.0 Å². The lowest BCUT2D eigenvalue weighted by Gasteiger charge is -2.28. The molecule has 2 aliphatic rings. The fourth-order valence-corrected chi connectivity index (χ4v) is 4.68. The molecule has 0 radical (unpaired) electrons. The van der Waals surface area contributed by atoms with Crippen LogP contribution in [0.25, 0.3) is 11.1 Å². The smallest absolute Gasteiger partial charge is 0.407 e. The summed E-state index contributed by atoms with van der Waals surface area (Å²) in [6, 6.07) is 16.8. The van der Waals surface area contributed by atoms with E-state index in [9.17, 15) is 4.79 Å². The van der Waals surface area contributed by atoms with E-state index in [2.05, 4.69) is 53.8 Å². The molecular weight excluding hydrogens is 372 g/mol. The Kier molecular flexibility index (Phi) is 6.97. The van der Waals surface area contributed by atoms with E-state index in [0.29, 0.717) is 25.0 Å². The quantitative estimate of drug-likeness (QED) is 0.763. The standard InChI is InChI=1S/C23H28N2O2.ClH/c24-13-16-6-5-7-17(12-16)14-25-23(26)27-15-22-20-10-3-1-8-18(20)19-9-2-4-11-21(19)22;/h1-4,8-11,16-17,22H,5-7,12-15,24H2,(H,25,26);1H. The number of nitrogens with one attached hydrogen (secondary N) is 1. The molecule has 2 aromatic carbocycles. The van der Waals surface area contributed by atoms with Crippen LogP contribution < -0.4 is 11.1 Å². The van der Waals surface area contributed by atoms with Gasteiger partial charge in [-0.15, -0.1) is 12.4 Å². The summed E-state index contributed by atoms with van der Waals surface area (Å²) in [5.41, 5.74) is 10.8. The summed E-state index contributed by atoms with van der Waals surface area (Å²) in [7, 11) is 0. The highest BCUT2D eigenvalue weighted by Crippen LogP contribution is 2.44. The Hall–Kier alpha value is -2.04. The van der Waals surface area contributed by atoms with E-state index >= 15 is 0 Å². The third-order valence-electron chi connectivity index (χ3n) is 6.10. The molecule has 2 aromatic rings. The molecule has 2 aliphatic carbocycles. The number of halogens is 1. The Balaban J connectivity index is 0.00000225. The van der Waals surface area contributed by atoms with Crippen molar-refractivity contribution in [2.45, 2.75) is 31.6 Å². The largest absolute Gasteiger partial charge is 0.449 e. The van der Waals surface area contributed by atoms with E-state index in [4.69, 9.17) is 10.5 Å². The summed E-state index contributed by atoms with van der Waals surface area (Å²) in [5, 5.41) is 2.97. The highest BCUT2D eigenvalue weighted by molar-refractivity contribution is 5.85. The number of benzene rings is 2. The third-order valence-corrected chi connectivity index (χ3v) is 6.10. The number of ether oxygens (including phenoxy) is 1. The predicted octanol–water partition coefficient (Wildman–Crippen LogP) is 4.71. The van der Waals surface area contributed by atoms with Gasteiger partial charge in [0.25, 0.3) is 0 Å². The first-order chi connectivity index (χ1) is 13.3. The highest BCUT2D eigenvalue weighted by atomic mass is 35.5. The van der Waals surface area contributed by atoms with Gasteiger partial charge in [-0.2, -0.15) is 0 Å². The summed E-state index contributed by atoms with van der Waals surface area (Å²) >= 11 is 0. The molecule has 150 valence electrons. The van der Waals surface area contributed by atoms with Crippen molar-refractivity contribution in [1.29, 1.82) is 0 Å². The maximum Gasteiger partial charge on any atom is 0.407 e. The lowest BCUT2D eigenvalue weighted by atomic mass is 9.81. The zero-order valence-corrected chi connectivity index (χ0v) is 16.9. The number of rotatable bonds is 5. The van der Waals surface area contributed by atoms with Crippen molar-refractivity contribution in [2.24, 2.45) is 17.6 Å². The van der Waals surface area contributed by atoms with Crippen LogP contribution in [0.4, 0.5) is 4.79 Å². The molecule has 28 heavy (non-hydrogen) atoms. The maximum absolute atomic E-state index is 12.3. The van der Waals surface area contributed by atoms with Gasteiger partial charge in [0.05, 0.1) is 0 Å². The summed E-state index contributed by atoms with van der Waals surface area (Å²) in [4.78, 5) is 12.3. The first-order valence-corrected chi connectivity index (χ1v) is 10.0. The van der Waals surface area contributed by atoms with Crippen LogP contribution in [-0.4, -0.2) is 25.8 Å². The van der Waals surface area contributed by atoms with E-state index in [1.54, 1.807) is 0 Å². The van der Waals surface area contributed by atoms with E-state index < -0.39 is 0 Å². The van der Waals surface area contributed by atoms with Crippen LogP contribution in [0.1, 0.15) is 42.7 Å². The zero-order valence-electron chi connectivity index (χ0n) is 16.1. The van der Waals surface area contributed by atoms with Gasteiger partial charge in [-0.1, -0.05) is 55.0 Å². The molecule has 1 amide bonds. The number of nitrogens with two attached hydrogens (primary N) is 1. The number of hydrogen-bond donors (Lipinski definition) is 2. The third kappa shape index (κ3) is 4.34. The number of fused-ring (bicyclic) bond motifs is 3. The van der Waals surface area contributed by atoms with Crippen LogP contribution in [0, 0.1) is 11.8 Å². The minimum atomic E-state index is -0.313. The predicted molar refractivity (Wildman–Crippen MR) is 115 cm³/mol. The summed E-state index contributed by atoms with van der Waals surface area (Å²) < 4.78 is 5.61. The molecule has 2 unspecified atom stereocenters. The van der Waals surface area contributed by atoms with E-state index in [-0.39, 0.29) is 24.4 Å². The Morgan fingerprint density at radius 2 is 1.61 bits per heavy atom.